The first-order valence-corrected chi connectivity index (χ1v) is 2.80. The Hall–Kier alpha value is 0.350. The lowest BCUT2D eigenvalue weighted by Gasteiger charge is -1.69. The Labute approximate surface area is 31.6 Å². The zero-order valence-corrected chi connectivity index (χ0v) is 3.93. The van der Waals surface area contributed by atoms with E-state index in [1.165, 1.54) is 5.75 Å². The van der Waals surface area contributed by atoms with E-state index >= 15 is 0 Å². The second-order valence-electron chi connectivity index (χ2n) is 0.577. The second kappa shape index (κ2) is 3.35. The van der Waals surface area contributed by atoms with Gasteiger partial charge in [-0.1, -0.05) is 6.92 Å². The lowest BCUT2D eigenvalue weighted by atomic mass is 11.0. The van der Waals surface area contributed by atoms with Crippen molar-refractivity contribution in [2.75, 3.05) is 12.0 Å². The van der Waals surface area contributed by atoms with Gasteiger partial charge in [0.2, 0.25) is 0 Å². The van der Waals surface area contributed by atoms with Crippen molar-refractivity contribution in [3.63, 3.8) is 0 Å². The smallest absolute Gasteiger partial charge is 0.00988 e. The van der Waals surface area contributed by atoms with Crippen molar-refractivity contribution < 1.29 is 0 Å². The van der Waals surface area contributed by atoms with Crippen LogP contribution in [0.3, 0.4) is 0 Å². The molecule has 0 aliphatic rings. The van der Waals surface area contributed by atoms with Crippen molar-refractivity contribution in [3.8, 4) is 0 Å². The molecule has 0 saturated carbocycles. The minimum Gasteiger partial charge on any atom is -0.166 e. The lowest BCUT2D eigenvalue weighted by Crippen LogP contribution is -1.52. The monoisotopic (exact) mass is 76.0 g/mol. The Bertz CT molecular complexity index is 5.25. The summed E-state index contributed by atoms with van der Waals surface area (Å²) < 4.78 is 0. The molecule has 0 fully saturated rings. The van der Waals surface area contributed by atoms with Crippen molar-refractivity contribution in [1.29, 1.82) is 0 Å². The van der Waals surface area contributed by atoms with Crippen molar-refractivity contribution in [1.82, 2.24) is 0 Å². The third kappa shape index (κ3) is 2.35. The Morgan fingerprint density at radius 2 is 2.00 bits per heavy atom. The van der Waals surface area contributed by atoms with Crippen LogP contribution in [0.25, 0.3) is 0 Å². The first-order valence-electron chi connectivity index (χ1n) is 1.40. The van der Waals surface area contributed by atoms with Crippen LogP contribution in [0.4, 0.5) is 0 Å². The summed E-state index contributed by atoms with van der Waals surface area (Å²) in [7, 11) is 0. The van der Waals surface area contributed by atoms with Gasteiger partial charge >= 0.3 is 0 Å². The molecule has 0 amide bonds. The van der Waals surface area contributed by atoms with Crippen LogP contribution in [-0.2, 0) is 0 Å². The Morgan fingerprint density at radius 1 is 1.75 bits per heavy atom. The molecule has 1 heteroatoms. The van der Waals surface area contributed by atoms with Crippen molar-refractivity contribution in [2.45, 2.75) is 6.92 Å². The molecule has 0 atom stereocenters. The molecule has 0 bridgehead atoms. The van der Waals surface area contributed by atoms with Gasteiger partial charge in [0.15, 0.2) is 0 Å². The van der Waals surface area contributed by atoms with Gasteiger partial charge in [0.25, 0.3) is 0 Å². The third-order valence-corrected chi connectivity index (χ3v) is 0.866. The average molecular weight is 76.2 g/mol. The molecule has 0 aliphatic carbocycles. The third-order valence-electron chi connectivity index (χ3n) is 0.289. The van der Waals surface area contributed by atoms with Crippen LogP contribution in [0, 0.1) is 0 Å². The standard InChI is InChI=1S/C3H8S/c1-3-4-2/h3H2,1-2H3. The molecule has 0 aromatic carbocycles. The van der Waals surface area contributed by atoms with Crippen LogP contribution in [0.15, 0.2) is 0 Å². The predicted octanol–water partition coefficient (Wildman–Crippen LogP) is 1.37. The van der Waals surface area contributed by atoms with Crippen LogP contribution in [-0.4, -0.2) is 12.0 Å². The number of rotatable bonds is 1. The normalized spacial score (nSPS) is 7.50. The van der Waals surface area contributed by atoms with E-state index in [9.17, 15) is 0 Å². The molecule has 0 rings (SSSR count). The summed E-state index contributed by atoms with van der Waals surface area (Å²) >= 11 is 1.86. The van der Waals surface area contributed by atoms with Gasteiger partial charge in [0, 0.05) is 0 Å². The summed E-state index contributed by atoms with van der Waals surface area (Å²) in [6.07, 6.45) is 2.10. The quantitative estimate of drug-likeness (QED) is 0.454. The Kier molecular flexibility index (Phi) is 3.64. The number of thioether (sulfide) groups is 1. The van der Waals surface area contributed by atoms with Gasteiger partial charge in [-0.25, -0.2) is 0 Å². The zero-order chi connectivity index (χ0) is 3.41. The van der Waals surface area contributed by atoms with E-state index in [4.69, 9.17) is 0 Å². The van der Waals surface area contributed by atoms with Crippen LogP contribution in [0.5, 0.6) is 0 Å². The lowest BCUT2D eigenvalue weighted by molar-refractivity contribution is 1.53. The summed E-state index contributed by atoms with van der Waals surface area (Å²) in [6, 6.07) is 0. The molecule has 26 valence electrons. The molecule has 0 heterocycles. The fourth-order valence-corrected chi connectivity index (χ4v) is 0. The van der Waals surface area contributed by atoms with E-state index in [1.807, 2.05) is 11.8 Å². The van der Waals surface area contributed by atoms with Crippen molar-refractivity contribution >= 4 is 11.8 Å². The first kappa shape index (κ1) is 4.35. The number of hydrogen-bond acceptors (Lipinski definition) is 1. The molecule has 4 heavy (non-hydrogen) atoms. The van der Waals surface area contributed by atoms with Crippen LogP contribution in [0.1, 0.15) is 6.92 Å². The fraction of sp³-hybridized carbons (Fsp3) is 1.00. The van der Waals surface area contributed by atoms with Gasteiger partial charge in [-0.2, -0.15) is 11.8 Å². The van der Waals surface area contributed by atoms with Crippen LogP contribution < -0.4 is 0 Å². The maximum absolute atomic E-state index is 2.14. The average Bonchev–Trinajstić information content (AvgIpc) is 1.37. The second-order valence-corrected chi connectivity index (χ2v) is 1.73. The molecule has 0 spiro atoms. The van der Waals surface area contributed by atoms with E-state index in [1.54, 1.807) is 0 Å². The van der Waals surface area contributed by atoms with E-state index in [0.29, 0.717) is 0 Å². The van der Waals surface area contributed by atoms with Gasteiger partial charge in [-0.15, -0.1) is 0 Å². The SMILES string of the molecule is CCSC. The molecule has 0 aromatic rings. The predicted molar refractivity (Wildman–Crippen MR) is 24.1 cm³/mol. The molecule has 0 aromatic heterocycles. The molecule has 0 radical (unpaired) electrons. The maximum Gasteiger partial charge on any atom is -0.00988 e. The Balaban J connectivity index is 1.97. The summed E-state index contributed by atoms with van der Waals surface area (Å²) in [4.78, 5) is 0. The van der Waals surface area contributed by atoms with Gasteiger partial charge in [-0.05, 0) is 12.0 Å². The molecular formula is C3H8S. The van der Waals surface area contributed by atoms with Gasteiger partial charge in [0.05, 0.1) is 0 Å². The van der Waals surface area contributed by atoms with Crippen LogP contribution >= 0.6 is 11.8 Å². The zero-order valence-electron chi connectivity index (χ0n) is 3.12. The molecule has 0 unspecified atom stereocenters. The minimum absolute atomic E-state index is 1.24. The Morgan fingerprint density at radius 3 is 2.00 bits per heavy atom. The molecule has 0 aliphatic heterocycles. The van der Waals surface area contributed by atoms with E-state index in [-0.39, 0.29) is 0 Å². The highest BCUT2D eigenvalue weighted by Gasteiger charge is 1.55. The first-order chi connectivity index (χ1) is 1.91. The fourth-order valence-electron chi connectivity index (χ4n) is 0. The summed E-state index contributed by atoms with van der Waals surface area (Å²) in [6.45, 7) is 2.14. The molecule has 0 saturated heterocycles. The molecule has 0 N–H and O–H groups in total. The topological polar surface area (TPSA) is 0 Å². The minimum atomic E-state index is 1.24. The molecular weight excluding hydrogens is 68.1 g/mol. The van der Waals surface area contributed by atoms with Crippen LogP contribution in [0.2, 0.25) is 0 Å². The van der Waals surface area contributed by atoms with E-state index < -0.39 is 0 Å². The summed E-state index contributed by atoms with van der Waals surface area (Å²) in [5.74, 6) is 1.24. The summed E-state index contributed by atoms with van der Waals surface area (Å²) in [5.41, 5.74) is 0. The van der Waals surface area contributed by atoms with Crippen molar-refractivity contribution in [2.24, 2.45) is 0 Å². The summed E-state index contributed by atoms with van der Waals surface area (Å²) in [5, 5.41) is 0. The highest BCUT2D eigenvalue weighted by molar-refractivity contribution is 7.98. The van der Waals surface area contributed by atoms with Gasteiger partial charge in [-0.3, -0.25) is 0 Å². The highest BCUT2D eigenvalue weighted by atomic mass is 32.2. The maximum atomic E-state index is 2.14. The molecule has 0 nitrogen and oxygen atoms in total. The number of hydrogen-bond donors (Lipinski definition) is 0. The van der Waals surface area contributed by atoms with Crippen molar-refractivity contribution in [3.05, 3.63) is 0 Å². The highest BCUT2D eigenvalue weighted by Crippen LogP contribution is 1.83. The van der Waals surface area contributed by atoms with Gasteiger partial charge < -0.3 is 0 Å². The van der Waals surface area contributed by atoms with E-state index in [2.05, 4.69) is 13.2 Å². The van der Waals surface area contributed by atoms with E-state index in [0.717, 1.165) is 0 Å². The largest absolute Gasteiger partial charge is 0.166 e. The van der Waals surface area contributed by atoms with Gasteiger partial charge in [0.1, 0.15) is 0 Å².